The van der Waals surface area contributed by atoms with Crippen molar-refractivity contribution >= 4 is 12.0 Å². The fourth-order valence-corrected chi connectivity index (χ4v) is 2.84. The van der Waals surface area contributed by atoms with Gasteiger partial charge >= 0.3 is 0 Å². The van der Waals surface area contributed by atoms with Gasteiger partial charge in [0.15, 0.2) is 6.29 Å². The van der Waals surface area contributed by atoms with Crippen molar-refractivity contribution in [2.75, 3.05) is 24.6 Å². The number of nitrogens with zero attached hydrogens (tertiary/aromatic N) is 2. The van der Waals surface area contributed by atoms with Crippen LogP contribution in [0.2, 0.25) is 0 Å². The molecule has 0 fully saturated rings. The Hall–Kier alpha value is -1.95. The second-order valence-corrected chi connectivity index (χ2v) is 5.46. The summed E-state index contributed by atoms with van der Waals surface area (Å²) in [6.45, 7) is 3.24. The normalized spacial score (nSPS) is 14.9. The maximum Gasteiger partial charge on any atom is 0.214 e. The first-order valence-electron chi connectivity index (χ1n) is 7.17. The van der Waals surface area contributed by atoms with E-state index >= 15 is 0 Å². The maximum absolute atomic E-state index is 11.3. The number of aldehydes is 1. The molecule has 1 heterocycles. The van der Waals surface area contributed by atoms with Gasteiger partial charge in [0.1, 0.15) is 0 Å². The molecule has 1 N–H and O–H groups in total. The number of anilines is 1. The molecule has 1 aliphatic heterocycles. The van der Waals surface area contributed by atoms with Crippen molar-refractivity contribution < 1.29 is 14.8 Å². The predicted molar refractivity (Wildman–Crippen MR) is 79.6 cm³/mol. The number of rotatable bonds is 7. The molecular formula is C15H20N2O4. The van der Waals surface area contributed by atoms with Crippen LogP contribution in [0, 0.1) is 10.1 Å². The molecule has 1 aromatic rings. The van der Waals surface area contributed by atoms with Gasteiger partial charge in [-0.2, -0.15) is 0 Å². The van der Waals surface area contributed by atoms with E-state index in [0.717, 1.165) is 42.6 Å². The molecule has 0 amide bonds. The van der Waals surface area contributed by atoms with E-state index < -0.39 is 6.04 Å². The molecular weight excluding hydrogens is 272 g/mol. The topological polar surface area (TPSA) is 83.7 Å². The summed E-state index contributed by atoms with van der Waals surface area (Å²) in [7, 11) is 0. The fourth-order valence-electron chi connectivity index (χ4n) is 2.84. The molecule has 114 valence electrons. The van der Waals surface area contributed by atoms with Gasteiger partial charge in [0.2, 0.25) is 6.04 Å². The smallest absolute Gasteiger partial charge is 0.214 e. The predicted octanol–water partition coefficient (Wildman–Crippen LogP) is 1.45. The Kier molecular flexibility index (Phi) is 4.90. The molecule has 21 heavy (non-hydrogen) atoms. The van der Waals surface area contributed by atoms with Crippen molar-refractivity contribution in [3.63, 3.8) is 0 Å². The quantitative estimate of drug-likeness (QED) is 0.467. The lowest BCUT2D eigenvalue weighted by atomic mass is 9.99. The summed E-state index contributed by atoms with van der Waals surface area (Å²) < 4.78 is 0. The first-order chi connectivity index (χ1) is 10.1. The summed E-state index contributed by atoms with van der Waals surface area (Å²) in [6, 6.07) is 3.07. The van der Waals surface area contributed by atoms with E-state index in [1.807, 2.05) is 6.07 Å². The van der Waals surface area contributed by atoms with Crippen LogP contribution in [0.1, 0.15) is 34.8 Å². The molecule has 0 radical (unpaired) electrons. The molecule has 0 aromatic heterocycles. The Balaban J connectivity index is 2.27. The van der Waals surface area contributed by atoms with Gasteiger partial charge in [-0.1, -0.05) is 6.07 Å². The number of fused-ring (bicyclic) bond motifs is 1. The van der Waals surface area contributed by atoms with Crippen LogP contribution >= 0.6 is 0 Å². The summed E-state index contributed by atoms with van der Waals surface area (Å²) in [4.78, 5) is 23.9. The lowest BCUT2D eigenvalue weighted by molar-refractivity contribution is -0.517. The van der Waals surface area contributed by atoms with Crippen molar-refractivity contribution in [3.05, 3.63) is 38.9 Å². The fraction of sp³-hybridized carbons (Fsp3) is 0.533. The van der Waals surface area contributed by atoms with Gasteiger partial charge in [-0.25, -0.2) is 0 Å². The summed E-state index contributed by atoms with van der Waals surface area (Å²) >= 11 is 0. The zero-order chi connectivity index (χ0) is 15.4. The monoisotopic (exact) mass is 292 g/mol. The summed E-state index contributed by atoms with van der Waals surface area (Å²) in [6.07, 6.45) is 2.65. The number of aliphatic hydroxyl groups is 1. The van der Waals surface area contributed by atoms with E-state index in [9.17, 15) is 14.9 Å². The van der Waals surface area contributed by atoms with Gasteiger partial charge in [0.25, 0.3) is 0 Å². The highest BCUT2D eigenvalue weighted by Gasteiger charge is 2.24. The van der Waals surface area contributed by atoms with Gasteiger partial charge in [-0.15, -0.1) is 0 Å². The molecule has 1 aromatic carbocycles. The van der Waals surface area contributed by atoms with Gasteiger partial charge in [-0.3, -0.25) is 14.9 Å². The van der Waals surface area contributed by atoms with Crippen LogP contribution in [0.4, 0.5) is 5.69 Å². The van der Waals surface area contributed by atoms with Crippen molar-refractivity contribution in [1.82, 2.24) is 0 Å². The highest BCUT2D eigenvalue weighted by atomic mass is 16.6. The van der Waals surface area contributed by atoms with Crippen molar-refractivity contribution in [3.8, 4) is 0 Å². The third kappa shape index (κ3) is 3.39. The van der Waals surface area contributed by atoms with E-state index in [4.69, 9.17) is 5.11 Å². The highest BCUT2D eigenvalue weighted by Crippen LogP contribution is 2.32. The lowest BCUT2D eigenvalue weighted by Crippen LogP contribution is -2.23. The van der Waals surface area contributed by atoms with E-state index in [0.29, 0.717) is 18.4 Å². The van der Waals surface area contributed by atoms with Crippen LogP contribution in [-0.4, -0.2) is 42.1 Å². The number of carbonyl (C=O) groups is 1. The standard InChI is InChI=1S/C15H20N2O4/c1-11(17(20)21)7-12-8-13-3-5-16(4-2-6-18)15(13)14(9-12)10-19/h8-11,18H,2-7H2,1H3. The Morgan fingerprint density at radius 1 is 1.52 bits per heavy atom. The first kappa shape index (κ1) is 15.4. The molecule has 0 spiro atoms. The van der Waals surface area contributed by atoms with Gasteiger partial charge in [0.05, 0.1) is 5.69 Å². The minimum Gasteiger partial charge on any atom is -0.396 e. The SMILES string of the molecule is CC(Cc1cc(C=O)c2c(c1)CCN2CCCO)[N+](=O)[O-]. The highest BCUT2D eigenvalue weighted by molar-refractivity contribution is 5.87. The number of hydrogen-bond acceptors (Lipinski definition) is 5. The number of nitro groups is 1. The summed E-state index contributed by atoms with van der Waals surface area (Å²) in [5.74, 6) is 0. The van der Waals surface area contributed by atoms with Crippen molar-refractivity contribution in [2.24, 2.45) is 0 Å². The second kappa shape index (κ2) is 6.67. The molecule has 6 heteroatoms. The van der Waals surface area contributed by atoms with Crippen LogP contribution < -0.4 is 4.90 Å². The van der Waals surface area contributed by atoms with Gasteiger partial charge in [0, 0.05) is 43.5 Å². The molecule has 1 aliphatic rings. The van der Waals surface area contributed by atoms with E-state index in [-0.39, 0.29) is 11.5 Å². The molecule has 1 unspecified atom stereocenters. The number of carbonyl (C=O) groups excluding carboxylic acids is 1. The zero-order valence-electron chi connectivity index (χ0n) is 12.1. The van der Waals surface area contributed by atoms with E-state index in [1.165, 1.54) is 0 Å². The van der Waals surface area contributed by atoms with E-state index in [2.05, 4.69) is 4.90 Å². The van der Waals surface area contributed by atoms with E-state index in [1.54, 1.807) is 13.0 Å². The van der Waals surface area contributed by atoms with Crippen LogP contribution in [0.5, 0.6) is 0 Å². The maximum atomic E-state index is 11.3. The van der Waals surface area contributed by atoms with Gasteiger partial charge in [-0.05, 0) is 30.0 Å². The van der Waals surface area contributed by atoms with Crippen LogP contribution in [-0.2, 0) is 12.8 Å². The lowest BCUT2D eigenvalue weighted by Gasteiger charge is -2.20. The summed E-state index contributed by atoms with van der Waals surface area (Å²) in [5, 5.41) is 19.7. The molecule has 0 saturated carbocycles. The molecule has 1 atom stereocenters. The Labute approximate surface area is 123 Å². The molecule has 0 bridgehead atoms. The van der Waals surface area contributed by atoms with Crippen LogP contribution in [0.3, 0.4) is 0 Å². The number of aliphatic hydroxyl groups excluding tert-OH is 1. The summed E-state index contributed by atoms with van der Waals surface area (Å²) in [5.41, 5.74) is 3.43. The molecule has 6 nitrogen and oxygen atoms in total. The molecule has 0 aliphatic carbocycles. The van der Waals surface area contributed by atoms with Crippen molar-refractivity contribution in [1.29, 1.82) is 0 Å². The van der Waals surface area contributed by atoms with Crippen molar-refractivity contribution in [2.45, 2.75) is 32.2 Å². The third-order valence-corrected chi connectivity index (χ3v) is 3.85. The van der Waals surface area contributed by atoms with Gasteiger partial charge < -0.3 is 10.0 Å². The number of hydrogen-bond donors (Lipinski definition) is 1. The molecule has 0 saturated heterocycles. The number of benzene rings is 1. The minimum atomic E-state index is -0.658. The van der Waals surface area contributed by atoms with Crippen LogP contribution in [0.25, 0.3) is 0 Å². The van der Waals surface area contributed by atoms with Crippen LogP contribution in [0.15, 0.2) is 12.1 Å². The zero-order valence-corrected chi connectivity index (χ0v) is 12.1. The average Bonchev–Trinajstić information content (AvgIpc) is 2.87. The largest absolute Gasteiger partial charge is 0.396 e. The Morgan fingerprint density at radius 2 is 2.29 bits per heavy atom. The first-order valence-corrected chi connectivity index (χ1v) is 7.17. The minimum absolute atomic E-state index is 0.126. The average molecular weight is 292 g/mol. The molecule has 2 rings (SSSR count). The second-order valence-electron chi connectivity index (χ2n) is 5.46. The Morgan fingerprint density at radius 3 is 2.90 bits per heavy atom. The Bertz CT molecular complexity index is 545. The third-order valence-electron chi connectivity index (χ3n) is 3.85.